The van der Waals surface area contributed by atoms with Crippen molar-refractivity contribution in [1.29, 1.82) is 0 Å². The van der Waals surface area contributed by atoms with Gasteiger partial charge in [-0.15, -0.1) is 0 Å². The highest BCUT2D eigenvalue weighted by Crippen LogP contribution is 2.48. The first kappa shape index (κ1) is 12.1. The molecule has 1 fully saturated rings. The predicted octanol–water partition coefficient (Wildman–Crippen LogP) is 1.55. The Labute approximate surface area is 101 Å². The molecule has 2 unspecified atom stereocenters. The number of esters is 2. The fourth-order valence-corrected chi connectivity index (χ4v) is 2.94. The molecule has 4 atom stereocenters. The highest BCUT2D eigenvalue weighted by molar-refractivity contribution is 5.84. The second kappa shape index (κ2) is 4.90. The summed E-state index contributed by atoms with van der Waals surface area (Å²) in [5.74, 6) is -0.917. The van der Waals surface area contributed by atoms with Crippen molar-refractivity contribution < 1.29 is 19.1 Å². The summed E-state index contributed by atoms with van der Waals surface area (Å²) in [6.07, 6.45) is 4.93. The summed E-state index contributed by atoms with van der Waals surface area (Å²) in [4.78, 5) is 23.8. The molecule has 94 valence electrons. The molecule has 17 heavy (non-hydrogen) atoms. The largest absolute Gasteiger partial charge is 0.466 e. The van der Waals surface area contributed by atoms with Gasteiger partial charge in [0, 0.05) is 0 Å². The fourth-order valence-electron chi connectivity index (χ4n) is 2.94. The number of rotatable bonds is 4. The van der Waals surface area contributed by atoms with Gasteiger partial charge in [0.2, 0.25) is 0 Å². The Kier molecular flexibility index (Phi) is 3.50. The van der Waals surface area contributed by atoms with Crippen molar-refractivity contribution in [1.82, 2.24) is 0 Å². The summed E-state index contributed by atoms with van der Waals surface area (Å²) < 4.78 is 10.1. The van der Waals surface area contributed by atoms with Crippen LogP contribution in [0.1, 0.15) is 20.3 Å². The molecule has 2 bridgehead atoms. The van der Waals surface area contributed by atoms with Crippen LogP contribution >= 0.6 is 0 Å². The van der Waals surface area contributed by atoms with Crippen LogP contribution in [0.25, 0.3) is 0 Å². The summed E-state index contributed by atoms with van der Waals surface area (Å²) in [5, 5.41) is 0. The molecule has 0 aromatic carbocycles. The lowest BCUT2D eigenvalue weighted by Crippen LogP contribution is -2.35. The molecule has 0 saturated heterocycles. The lowest BCUT2D eigenvalue weighted by molar-refractivity contribution is -0.160. The van der Waals surface area contributed by atoms with Gasteiger partial charge in [-0.05, 0) is 32.1 Å². The Morgan fingerprint density at radius 1 is 1.00 bits per heavy atom. The maximum absolute atomic E-state index is 11.9. The summed E-state index contributed by atoms with van der Waals surface area (Å²) in [7, 11) is 0. The minimum absolute atomic E-state index is 0.147. The third kappa shape index (κ3) is 2.08. The van der Waals surface area contributed by atoms with Crippen LogP contribution in [0.2, 0.25) is 0 Å². The monoisotopic (exact) mass is 238 g/mol. The van der Waals surface area contributed by atoms with Crippen molar-refractivity contribution in [2.75, 3.05) is 13.2 Å². The van der Waals surface area contributed by atoms with Gasteiger partial charge >= 0.3 is 11.9 Å². The van der Waals surface area contributed by atoms with Crippen molar-refractivity contribution >= 4 is 11.9 Å². The summed E-state index contributed by atoms with van der Waals surface area (Å²) >= 11 is 0. The van der Waals surface area contributed by atoms with Crippen LogP contribution in [-0.4, -0.2) is 25.2 Å². The third-order valence-electron chi connectivity index (χ3n) is 3.58. The number of hydrogen-bond donors (Lipinski definition) is 0. The molecule has 0 amide bonds. The lowest BCUT2D eigenvalue weighted by atomic mass is 9.83. The minimum Gasteiger partial charge on any atom is -0.466 e. The van der Waals surface area contributed by atoms with Gasteiger partial charge in [-0.25, -0.2) is 0 Å². The molecule has 0 aliphatic heterocycles. The molecule has 2 rings (SSSR count). The number of fused-ring (bicyclic) bond motifs is 2. The van der Waals surface area contributed by atoms with E-state index in [9.17, 15) is 9.59 Å². The third-order valence-corrected chi connectivity index (χ3v) is 3.58. The second-order valence-corrected chi connectivity index (χ2v) is 4.50. The average Bonchev–Trinajstić information content (AvgIpc) is 2.89. The molecule has 4 heteroatoms. The number of carbonyl (C=O) groups is 2. The quantitative estimate of drug-likeness (QED) is 0.551. The zero-order valence-corrected chi connectivity index (χ0v) is 10.2. The van der Waals surface area contributed by atoms with E-state index in [0.29, 0.717) is 13.2 Å². The summed E-state index contributed by atoms with van der Waals surface area (Å²) in [6.45, 7) is 4.26. The first-order valence-corrected chi connectivity index (χ1v) is 6.20. The van der Waals surface area contributed by atoms with Crippen LogP contribution in [0, 0.1) is 23.7 Å². The van der Waals surface area contributed by atoms with Crippen molar-refractivity contribution in [3.63, 3.8) is 0 Å². The molecule has 2 aliphatic rings. The van der Waals surface area contributed by atoms with E-state index in [0.717, 1.165) is 6.42 Å². The molecule has 4 nitrogen and oxygen atoms in total. The first-order chi connectivity index (χ1) is 8.19. The maximum atomic E-state index is 11.9. The molecular weight excluding hydrogens is 220 g/mol. The van der Waals surface area contributed by atoms with Crippen LogP contribution in [0.3, 0.4) is 0 Å². The zero-order chi connectivity index (χ0) is 12.4. The Hall–Kier alpha value is -1.32. The van der Waals surface area contributed by atoms with E-state index in [4.69, 9.17) is 9.47 Å². The number of allylic oxidation sites excluding steroid dienone is 2. The standard InChI is InChI=1S/C13H18O4/c1-3-16-12(14)10-8-5-6-9(7-8)11(10)13(15)17-4-2/h5-6,8-11H,3-4,7H2,1-2H3/t8?,9?,10-,11-/m1/s1. The SMILES string of the molecule is CCOC(=O)[C@@H]1C2C=CC(C2)[C@H]1C(=O)OCC. The Morgan fingerprint density at radius 3 is 1.76 bits per heavy atom. The molecule has 0 N–H and O–H groups in total. The Balaban J connectivity index is 2.14. The molecular formula is C13H18O4. The van der Waals surface area contributed by atoms with Gasteiger partial charge in [0.05, 0.1) is 25.0 Å². The van der Waals surface area contributed by atoms with Gasteiger partial charge in [-0.3, -0.25) is 9.59 Å². The van der Waals surface area contributed by atoms with E-state index in [1.54, 1.807) is 13.8 Å². The van der Waals surface area contributed by atoms with Gasteiger partial charge in [0.1, 0.15) is 0 Å². The summed E-state index contributed by atoms with van der Waals surface area (Å²) in [6, 6.07) is 0. The molecule has 0 aromatic rings. The predicted molar refractivity (Wildman–Crippen MR) is 61.0 cm³/mol. The van der Waals surface area contributed by atoms with Crippen LogP contribution < -0.4 is 0 Å². The molecule has 0 aromatic heterocycles. The van der Waals surface area contributed by atoms with Crippen LogP contribution in [0.4, 0.5) is 0 Å². The van der Waals surface area contributed by atoms with Gasteiger partial charge in [-0.1, -0.05) is 12.2 Å². The van der Waals surface area contributed by atoms with Crippen LogP contribution in [0.15, 0.2) is 12.2 Å². The topological polar surface area (TPSA) is 52.6 Å². The van der Waals surface area contributed by atoms with Crippen molar-refractivity contribution in [2.24, 2.45) is 23.7 Å². The lowest BCUT2D eigenvalue weighted by Gasteiger charge is -2.24. The molecule has 0 radical (unpaired) electrons. The van der Waals surface area contributed by atoms with Gasteiger partial charge in [-0.2, -0.15) is 0 Å². The van der Waals surface area contributed by atoms with Gasteiger partial charge in [0.15, 0.2) is 0 Å². The van der Waals surface area contributed by atoms with Crippen LogP contribution in [0.5, 0.6) is 0 Å². The van der Waals surface area contributed by atoms with Gasteiger partial charge < -0.3 is 9.47 Å². The van der Waals surface area contributed by atoms with E-state index in [-0.39, 0.29) is 35.6 Å². The average molecular weight is 238 g/mol. The van der Waals surface area contributed by atoms with E-state index in [1.807, 2.05) is 12.2 Å². The van der Waals surface area contributed by atoms with Crippen molar-refractivity contribution in [2.45, 2.75) is 20.3 Å². The molecule has 1 saturated carbocycles. The van der Waals surface area contributed by atoms with Crippen LogP contribution in [-0.2, 0) is 19.1 Å². The molecule has 0 heterocycles. The normalized spacial score (nSPS) is 33.8. The van der Waals surface area contributed by atoms with E-state index < -0.39 is 0 Å². The van der Waals surface area contributed by atoms with E-state index in [2.05, 4.69) is 0 Å². The zero-order valence-electron chi connectivity index (χ0n) is 10.2. The van der Waals surface area contributed by atoms with Crippen molar-refractivity contribution in [3.05, 3.63) is 12.2 Å². The van der Waals surface area contributed by atoms with Crippen molar-refractivity contribution in [3.8, 4) is 0 Å². The number of ether oxygens (including phenoxy) is 2. The van der Waals surface area contributed by atoms with E-state index >= 15 is 0 Å². The number of carbonyl (C=O) groups excluding carboxylic acids is 2. The van der Waals surface area contributed by atoms with E-state index in [1.165, 1.54) is 0 Å². The highest BCUT2D eigenvalue weighted by atomic mass is 16.5. The number of hydrogen-bond acceptors (Lipinski definition) is 4. The Bertz CT molecular complexity index is 315. The highest BCUT2D eigenvalue weighted by Gasteiger charge is 2.52. The Morgan fingerprint density at radius 2 is 1.41 bits per heavy atom. The fraction of sp³-hybridized carbons (Fsp3) is 0.692. The smallest absolute Gasteiger partial charge is 0.310 e. The second-order valence-electron chi connectivity index (χ2n) is 4.50. The first-order valence-electron chi connectivity index (χ1n) is 6.20. The minimum atomic E-state index is -0.344. The van der Waals surface area contributed by atoms with Gasteiger partial charge in [0.25, 0.3) is 0 Å². The maximum Gasteiger partial charge on any atom is 0.310 e. The molecule has 2 aliphatic carbocycles. The summed E-state index contributed by atoms with van der Waals surface area (Å²) in [5.41, 5.74) is 0. The molecule has 0 spiro atoms.